The highest BCUT2D eigenvalue weighted by Crippen LogP contribution is 2.40. The molecule has 7 nitrogen and oxygen atoms in total. The molecular formula is C13H19N3O4S. The van der Waals surface area contributed by atoms with E-state index in [0.29, 0.717) is 12.2 Å². The smallest absolute Gasteiger partial charge is 0.291 e. The average Bonchev–Trinajstić information content (AvgIpc) is 2.42. The molecule has 0 spiro atoms. The molecule has 116 valence electrons. The van der Waals surface area contributed by atoms with E-state index in [2.05, 4.69) is 10.0 Å². The van der Waals surface area contributed by atoms with E-state index in [4.69, 9.17) is 0 Å². The van der Waals surface area contributed by atoms with Crippen LogP contribution in [0.1, 0.15) is 26.2 Å². The maximum atomic E-state index is 12.3. The first kappa shape index (κ1) is 15.7. The molecule has 0 bridgehead atoms. The van der Waals surface area contributed by atoms with Gasteiger partial charge in [-0.3, -0.25) is 10.1 Å². The highest BCUT2D eigenvalue weighted by molar-refractivity contribution is 7.89. The van der Waals surface area contributed by atoms with Gasteiger partial charge >= 0.3 is 0 Å². The molecule has 1 aromatic rings. The summed E-state index contributed by atoms with van der Waals surface area (Å²) in [5.74, 6) is 0. The highest BCUT2D eigenvalue weighted by atomic mass is 32.2. The Morgan fingerprint density at radius 1 is 1.38 bits per heavy atom. The molecule has 0 saturated heterocycles. The Bertz CT molecular complexity index is 653. The van der Waals surface area contributed by atoms with Crippen LogP contribution >= 0.6 is 0 Å². The number of rotatable bonds is 6. The Morgan fingerprint density at radius 2 is 2.05 bits per heavy atom. The van der Waals surface area contributed by atoms with Gasteiger partial charge in [-0.2, -0.15) is 0 Å². The van der Waals surface area contributed by atoms with E-state index in [1.54, 1.807) is 7.05 Å². The largest absolute Gasteiger partial charge is 0.388 e. The molecule has 0 radical (unpaired) electrons. The molecule has 0 heterocycles. The molecule has 1 aliphatic rings. The predicted octanol–water partition coefficient (Wildman–Crippen LogP) is 2.10. The zero-order valence-electron chi connectivity index (χ0n) is 12.0. The van der Waals surface area contributed by atoms with Gasteiger partial charge in [-0.15, -0.1) is 0 Å². The molecule has 1 aromatic carbocycles. The maximum Gasteiger partial charge on any atom is 0.291 e. The summed E-state index contributed by atoms with van der Waals surface area (Å²) in [7, 11) is -2.28. The molecule has 21 heavy (non-hydrogen) atoms. The van der Waals surface area contributed by atoms with Crippen LogP contribution in [-0.4, -0.2) is 26.9 Å². The van der Waals surface area contributed by atoms with E-state index in [1.807, 2.05) is 6.92 Å². The van der Waals surface area contributed by atoms with E-state index in [-0.39, 0.29) is 10.3 Å². The van der Waals surface area contributed by atoms with Gasteiger partial charge in [0.05, 0.1) is 4.92 Å². The van der Waals surface area contributed by atoms with Gasteiger partial charge < -0.3 is 5.32 Å². The van der Waals surface area contributed by atoms with Crippen molar-refractivity contribution in [1.29, 1.82) is 0 Å². The van der Waals surface area contributed by atoms with E-state index >= 15 is 0 Å². The van der Waals surface area contributed by atoms with Crippen molar-refractivity contribution < 1.29 is 13.3 Å². The Kier molecular flexibility index (Phi) is 4.20. The lowest BCUT2D eigenvalue weighted by Crippen LogP contribution is -2.40. The van der Waals surface area contributed by atoms with Crippen LogP contribution in [0.25, 0.3) is 0 Å². The average molecular weight is 313 g/mol. The topological polar surface area (TPSA) is 101 Å². The lowest BCUT2D eigenvalue weighted by Gasteiger charge is -2.38. The summed E-state index contributed by atoms with van der Waals surface area (Å²) in [6.07, 6.45) is 3.03. The lowest BCUT2D eigenvalue weighted by molar-refractivity contribution is -0.387. The maximum absolute atomic E-state index is 12.3. The fourth-order valence-corrected chi connectivity index (χ4v) is 3.70. The number of hydrogen-bond donors (Lipinski definition) is 2. The number of sulfonamides is 1. The zero-order valence-corrected chi connectivity index (χ0v) is 12.9. The van der Waals surface area contributed by atoms with E-state index in [0.717, 1.165) is 19.3 Å². The third-order valence-corrected chi connectivity index (χ3v) is 5.43. The Labute approximate surface area is 123 Å². The van der Waals surface area contributed by atoms with Crippen LogP contribution in [0.15, 0.2) is 23.1 Å². The minimum atomic E-state index is -3.89. The van der Waals surface area contributed by atoms with Crippen LogP contribution in [0, 0.1) is 15.5 Å². The van der Waals surface area contributed by atoms with Crippen LogP contribution in [0.5, 0.6) is 0 Å². The second kappa shape index (κ2) is 5.61. The first-order valence-corrected chi connectivity index (χ1v) is 8.22. The minimum absolute atomic E-state index is 0.0350. The summed E-state index contributed by atoms with van der Waals surface area (Å²) in [6, 6.07) is 3.99. The lowest BCUT2D eigenvalue weighted by atomic mass is 9.71. The number of benzene rings is 1. The van der Waals surface area contributed by atoms with Gasteiger partial charge in [0.1, 0.15) is 0 Å². The zero-order chi connectivity index (χ0) is 15.7. The van der Waals surface area contributed by atoms with Gasteiger partial charge in [0.15, 0.2) is 4.90 Å². The molecule has 0 amide bonds. The summed E-state index contributed by atoms with van der Waals surface area (Å²) in [5.41, 5.74) is 0.0342. The quantitative estimate of drug-likeness (QED) is 0.618. The summed E-state index contributed by atoms with van der Waals surface area (Å²) in [5, 5.41) is 13.8. The molecule has 2 rings (SSSR count). The van der Waals surface area contributed by atoms with Crippen molar-refractivity contribution in [3.8, 4) is 0 Å². The van der Waals surface area contributed by atoms with Gasteiger partial charge in [0.25, 0.3) is 5.69 Å². The predicted molar refractivity (Wildman–Crippen MR) is 79.8 cm³/mol. The minimum Gasteiger partial charge on any atom is -0.388 e. The molecular weight excluding hydrogens is 294 g/mol. The van der Waals surface area contributed by atoms with Crippen molar-refractivity contribution in [3.63, 3.8) is 0 Å². The monoisotopic (exact) mass is 313 g/mol. The van der Waals surface area contributed by atoms with Crippen molar-refractivity contribution >= 4 is 21.4 Å². The Balaban J connectivity index is 2.28. The Hall–Kier alpha value is -1.67. The number of nitro groups is 1. The standard InChI is InChI=1S/C13H19N3O4S/c1-13(6-3-7-13)9-15-21(19,20)12-5-4-10(14-2)8-11(12)16(17)18/h4-5,8,14-15H,3,6-7,9H2,1-2H3. The number of nitrogens with one attached hydrogen (secondary N) is 2. The summed E-state index contributed by atoms with van der Waals surface area (Å²) >= 11 is 0. The Morgan fingerprint density at radius 3 is 2.52 bits per heavy atom. The molecule has 2 N–H and O–H groups in total. The number of anilines is 1. The molecule has 1 saturated carbocycles. The van der Waals surface area contributed by atoms with Crippen molar-refractivity contribution in [3.05, 3.63) is 28.3 Å². The molecule has 0 aromatic heterocycles. The van der Waals surface area contributed by atoms with Crippen molar-refractivity contribution in [2.45, 2.75) is 31.1 Å². The van der Waals surface area contributed by atoms with E-state index < -0.39 is 20.6 Å². The van der Waals surface area contributed by atoms with Crippen molar-refractivity contribution in [2.24, 2.45) is 5.41 Å². The van der Waals surface area contributed by atoms with Crippen LogP contribution in [0.4, 0.5) is 11.4 Å². The normalized spacial score (nSPS) is 17.0. The third-order valence-electron chi connectivity index (χ3n) is 3.98. The number of nitro benzene ring substituents is 1. The second-order valence-electron chi connectivity index (χ2n) is 5.68. The SMILES string of the molecule is CNc1ccc(S(=O)(=O)NCC2(C)CCC2)c([N+](=O)[O-])c1. The van der Waals surface area contributed by atoms with Gasteiger partial charge in [-0.25, -0.2) is 13.1 Å². The van der Waals surface area contributed by atoms with Gasteiger partial charge in [-0.1, -0.05) is 13.3 Å². The molecule has 1 fully saturated rings. The van der Waals surface area contributed by atoms with Crippen LogP contribution in [0.2, 0.25) is 0 Å². The molecule has 0 aliphatic heterocycles. The van der Waals surface area contributed by atoms with Crippen LogP contribution < -0.4 is 10.0 Å². The van der Waals surface area contributed by atoms with Crippen molar-refractivity contribution in [1.82, 2.24) is 4.72 Å². The number of nitrogens with zero attached hydrogens (tertiary/aromatic N) is 1. The van der Waals surface area contributed by atoms with E-state index in [1.165, 1.54) is 18.2 Å². The second-order valence-corrected chi connectivity index (χ2v) is 7.41. The third kappa shape index (κ3) is 3.33. The fourth-order valence-electron chi connectivity index (χ4n) is 2.35. The van der Waals surface area contributed by atoms with Gasteiger partial charge in [0.2, 0.25) is 10.0 Å². The van der Waals surface area contributed by atoms with Crippen LogP contribution in [0.3, 0.4) is 0 Å². The summed E-state index contributed by atoms with van der Waals surface area (Å²) < 4.78 is 27.1. The van der Waals surface area contributed by atoms with Gasteiger partial charge in [0, 0.05) is 25.3 Å². The molecule has 8 heteroatoms. The first-order chi connectivity index (χ1) is 9.77. The molecule has 0 unspecified atom stereocenters. The van der Waals surface area contributed by atoms with Crippen LogP contribution in [-0.2, 0) is 10.0 Å². The summed E-state index contributed by atoms with van der Waals surface area (Å²) in [6.45, 7) is 2.32. The highest BCUT2D eigenvalue weighted by Gasteiger charge is 2.34. The number of hydrogen-bond acceptors (Lipinski definition) is 5. The van der Waals surface area contributed by atoms with Gasteiger partial charge in [-0.05, 0) is 30.4 Å². The first-order valence-electron chi connectivity index (χ1n) is 6.73. The molecule has 1 aliphatic carbocycles. The molecule has 0 atom stereocenters. The van der Waals surface area contributed by atoms with Crippen molar-refractivity contribution in [2.75, 3.05) is 18.9 Å². The summed E-state index contributed by atoms with van der Waals surface area (Å²) in [4.78, 5) is 10.1. The fraction of sp³-hybridized carbons (Fsp3) is 0.538. The van der Waals surface area contributed by atoms with E-state index in [9.17, 15) is 18.5 Å².